The van der Waals surface area contributed by atoms with Gasteiger partial charge in [0, 0.05) is 19.1 Å². The van der Waals surface area contributed by atoms with Crippen LogP contribution < -0.4 is 0 Å². The van der Waals surface area contributed by atoms with Crippen LogP contribution in [0.1, 0.15) is 43.2 Å². The summed E-state index contributed by atoms with van der Waals surface area (Å²) in [4.78, 5) is 2.81. The molecule has 3 aliphatic carbocycles. The summed E-state index contributed by atoms with van der Waals surface area (Å²) in [6.45, 7) is 2.20. The lowest BCUT2D eigenvalue weighted by atomic mass is 9.78. The second kappa shape index (κ2) is 6.61. The van der Waals surface area contributed by atoms with E-state index in [1.807, 2.05) is 0 Å². The Labute approximate surface area is 152 Å². The Morgan fingerprint density at radius 3 is 1.92 bits per heavy atom. The van der Waals surface area contributed by atoms with Gasteiger partial charge in [-0.3, -0.25) is 4.90 Å². The van der Waals surface area contributed by atoms with E-state index in [9.17, 15) is 0 Å². The monoisotopic (exact) mass is 331 g/mol. The lowest BCUT2D eigenvalue weighted by Crippen LogP contribution is -2.42. The minimum absolute atomic E-state index is 0.796. The van der Waals surface area contributed by atoms with Gasteiger partial charge >= 0.3 is 0 Å². The fourth-order valence-corrected chi connectivity index (χ4v) is 6.38. The molecule has 1 heteroatoms. The Morgan fingerprint density at radius 1 is 0.680 bits per heavy atom. The van der Waals surface area contributed by atoms with Gasteiger partial charge in [-0.05, 0) is 60.5 Å². The van der Waals surface area contributed by atoms with Crippen molar-refractivity contribution in [2.45, 2.75) is 51.2 Å². The van der Waals surface area contributed by atoms with Gasteiger partial charge in [0.05, 0.1) is 0 Å². The van der Waals surface area contributed by atoms with Gasteiger partial charge in [-0.1, -0.05) is 67.1 Å². The minimum atomic E-state index is 0.796. The molecule has 1 nitrogen and oxygen atoms in total. The first kappa shape index (κ1) is 15.6. The summed E-state index contributed by atoms with van der Waals surface area (Å²) in [6, 6.07) is 23.0. The molecule has 3 saturated carbocycles. The molecule has 2 aromatic rings. The lowest BCUT2D eigenvalue weighted by molar-refractivity contribution is 0.0818. The van der Waals surface area contributed by atoms with Crippen molar-refractivity contribution < 1.29 is 0 Å². The maximum atomic E-state index is 2.81. The van der Waals surface area contributed by atoms with E-state index < -0.39 is 0 Å². The molecule has 2 bridgehead atoms. The zero-order valence-electron chi connectivity index (χ0n) is 15.1. The number of fused-ring (bicyclic) bond motifs is 5. The fraction of sp³-hybridized carbons (Fsp3) is 0.500. The number of hydrogen-bond donors (Lipinski definition) is 0. The van der Waals surface area contributed by atoms with Crippen molar-refractivity contribution in [1.82, 2.24) is 4.90 Å². The van der Waals surface area contributed by atoms with Gasteiger partial charge < -0.3 is 0 Å². The van der Waals surface area contributed by atoms with E-state index in [1.54, 1.807) is 0 Å². The van der Waals surface area contributed by atoms with Crippen LogP contribution >= 0.6 is 0 Å². The number of rotatable bonds is 5. The molecule has 0 spiro atoms. The Kier molecular flexibility index (Phi) is 4.13. The molecule has 3 aliphatic rings. The summed E-state index contributed by atoms with van der Waals surface area (Å²) >= 11 is 0. The molecule has 5 rings (SSSR count). The molecule has 0 radical (unpaired) electrons. The topological polar surface area (TPSA) is 3.24 Å². The van der Waals surface area contributed by atoms with Crippen LogP contribution in [0.4, 0.5) is 0 Å². The highest BCUT2D eigenvalue weighted by molar-refractivity contribution is 5.18. The van der Waals surface area contributed by atoms with Crippen LogP contribution in [0.2, 0.25) is 0 Å². The van der Waals surface area contributed by atoms with E-state index in [0.29, 0.717) is 0 Å². The molecule has 130 valence electrons. The molecular weight excluding hydrogens is 302 g/mol. The Morgan fingerprint density at radius 2 is 1.28 bits per heavy atom. The molecule has 5 unspecified atom stereocenters. The normalized spacial score (nSPS) is 33.1. The summed E-state index contributed by atoms with van der Waals surface area (Å²) in [7, 11) is 0. The largest absolute Gasteiger partial charge is 0.292 e. The average Bonchev–Trinajstić information content (AvgIpc) is 3.36. The van der Waals surface area contributed by atoms with Crippen LogP contribution in [0.15, 0.2) is 60.7 Å². The molecule has 0 saturated heterocycles. The first-order valence-electron chi connectivity index (χ1n) is 10.2. The maximum absolute atomic E-state index is 2.81. The zero-order valence-corrected chi connectivity index (χ0v) is 15.1. The number of benzene rings is 2. The van der Waals surface area contributed by atoms with Crippen LogP contribution in [-0.2, 0) is 13.1 Å². The van der Waals surface area contributed by atoms with Crippen molar-refractivity contribution in [3.8, 4) is 0 Å². The third-order valence-corrected chi connectivity index (χ3v) is 7.32. The molecule has 0 amide bonds. The quantitative estimate of drug-likeness (QED) is 0.698. The Balaban J connectivity index is 1.39. The summed E-state index contributed by atoms with van der Waals surface area (Å²) in [5.74, 6) is 4.11. The van der Waals surface area contributed by atoms with Crippen LogP contribution in [0.3, 0.4) is 0 Å². The van der Waals surface area contributed by atoms with E-state index in [-0.39, 0.29) is 0 Å². The second-order valence-corrected chi connectivity index (χ2v) is 8.60. The highest BCUT2D eigenvalue weighted by Crippen LogP contribution is 2.60. The smallest absolute Gasteiger partial charge is 0.0240 e. The molecule has 0 aliphatic heterocycles. The molecule has 2 aromatic carbocycles. The van der Waals surface area contributed by atoms with E-state index in [0.717, 1.165) is 42.8 Å². The molecule has 3 fully saturated rings. The first-order valence-corrected chi connectivity index (χ1v) is 10.2. The molecule has 25 heavy (non-hydrogen) atoms. The van der Waals surface area contributed by atoms with Crippen LogP contribution in [0.25, 0.3) is 0 Å². The van der Waals surface area contributed by atoms with Gasteiger partial charge in [0.1, 0.15) is 0 Å². The van der Waals surface area contributed by atoms with Crippen LogP contribution in [0, 0.1) is 23.7 Å². The summed E-state index contributed by atoms with van der Waals surface area (Å²) in [5.41, 5.74) is 2.92. The van der Waals surface area contributed by atoms with Crippen molar-refractivity contribution in [3.05, 3.63) is 71.8 Å². The minimum Gasteiger partial charge on any atom is -0.292 e. The van der Waals surface area contributed by atoms with Gasteiger partial charge in [0.25, 0.3) is 0 Å². The third kappa shape index (κ3) is 2.93. The van der Waals surface area contributed by atoms with Gasteiger partial charge in [-0.25, -0.2) is 0 Å². The van der Waals surface area contributed by atoms with Gasteiger partial charge in [0.15, 0.2) is 0 Å². The number of nitrogens with zero attached hydrogens (tertiary/aromatic N) is 1. The lowest BCUT2D eigenvalue weighted by Gasteiger charge is -2.39. The predicted molar refractivity (Wildman–Crippen MR) is 103 cm³/mol. The standard InChI is InChI=1S/C24H29N/c1-3-8-18(9-4-1)16-25(17-19-10-5-2-6-11-19)24-15-20-14-23(24)22-13-7-12-21(20)22/h1-6,8-11,20-24H,7,12-17H2. The van der Waals surface area contributed by atoms with E-state index in [1.165, 1.54) is 43.2 Å². The van der Waals surface area contributed by atoms with Gasteiger partial charge in [0.2, 0.25) is 0 Å². The molecular formula is C24H29N. The van der Waals surface area contributed by atoms with Crippen molar-refractivity contribution >= 4 is 0 Å². The predicted octanol–water partition coefficient (Wildman–Crippen LogP) is 5.51. The van der Waals surface area contributed by atoms with Crippen LogP contribution in [-0.4, -0.2) is 10.9 Å². The maximum Gasteiger partial charge on any atom is 0.0240 e. The summed E-state index contributed by atoms with van der Waals surface area (Å²) < 4.78 is 0. The van der Waals surface area contributed by atoms with E-state index in [4.69, 9.17) is 0 Å². The van der Waals surface area contributed by atoms with Crippen molar-refractivity contribution in [1.29, 1.82) is 0 Å². The molecule has 0 heterocycles. The van der Waals surface area contributed by atoms with Gasteiger partial charge in [-0.15, -0.1) is 0 Å². The zero-order chi connectivity index (χ0) is 16.6. The highest BCUT2D eigenvalue weighted by atomic mass is 15.2. The van der Waals surface area contributed by atoms with Crippen molar-refractivity contribution in [2.24, 2.45) is 23.7 Å². The molecule has 5 atom stereocenters. The number of hydrogen-bond acceptors (Lipinski definition) is 1. The Bertz CT molecular complexity index is 653. The second-order valence-electron chi connectivity index (χ2n) is 8.60. The summed E-state index contributed by atoms with van der Waals surface area (Å²) in [6.07, 6.45) is 7.49. The highest BCUT2D eigenvalue weighted by Gasteiger charge is 2.54. The molecule has 0 N–H and O–H groups in total. The summed E-state index contributed by atoms with van der Waals surface area (Å²) in [5, 5.41) is 0. The van der Waals surface area contributed by atoms with Crippen molar-refractivity contribution in [2.75, 3.05) is 0 Å². The van der Waals surface area contributed by atoms with Crippen molar-refractivity contribution in [3.63, 3.8) is 0 Å². The SMILES string of the molecule is c1ccc(CN(Cc2ccccc2)C2CC3CC2C2CCCC32)cc1. The first-order chi connectivity index (χ1) is 12.4. The van der Waals surface area contributed by atoms with E-state index >= 15 is 0 Å². The van der Waals surface area contributed by atoms with Crippen LogP contribution in [0.5, 0.6) is 0 Å². The van der Waals surface area contributed by atoms with E-state index in [2.05, 4.69) is 65.6 Å². The fourth-order valence-electron chi connectivity index (χ4n) is 6.38. The average molecular weight is 332 g/mol. The molecule has 0 aromatic heterocycles. The Hall–Kier alpha value is -1.60. The third-order valence-electron chi connectivity index (χ3n) is 7.32. The van der Waals surface area contributed by atoms with Gasteiger partial charge in [-0.2, -0.15) is 0 Å².